The fraction of sp³-hybridized carbons (Fsp3) is 0. The van der Waals surface area contributed by atoms with E-state index >= 15 is 0 Å². The standard InChI is InChI=1S/C66H46N2/c1-4-20-47(21-5-1)48-38-40-49(41-39-48)50-42-44-53(45-43-50)67(54-26-18-27-55(46-54)68-64-36-16-12-29-58(64)59-30-13-17-37-65(59)68)63-35-15-14-31-60(63)62-34-19-33-57(52-24-8-3-9-25-52)66(62)61-32-11-10-28-56(61)51-22-6-2-7-23-51/h1-46H. The van der Waals surface area contributed by atoms with E-state index in [4.69, 9.17) is 0 Å². The first-order chi connectivity index (χ1) is 33.8. The van der Waals surface area contributed by atoms with Gasteiger partial charge in [-0.25, -0.2) is 0 Å². The molecule has 2 nitrogen and oxygen atoms in total. The Bertz CT molecular complexity index is 3650. The summed E-state index contributed by atoms with van der Waals surface area (Å²) in [6.07, 6.45) is 0. The smallest absolute Gasteiger partial charge is 0.0541 e. The summed E-state index contributed by atoms with van der Waals surface area (Å²) < 4.78 is 2.41. The zero-order valence-corrected chi connectivity index (χ0v) is 37.5. The molecule has 12 rings (SSSR count). The van der Waals surface area contributed by atoms with Gasteiger partial charge in [0.05, 0.1) is 16.7 Å². The monoisotopic (exact) mass is 866 g/mol. The highest BCUT2D eigenvalue weighted by atomic mass is 15.1. The lowest BCUT2D eigenvalue weighted by Crippen LogP contribution is -2.12. The van der Waals surface area contributed by atoms with Crippen LogP contribution in [0.1, 0.15) is 0 Å². The molecule has 0 aliphatic rings. The van der Waals surface area contributed by atoms with Crippen LogP contribution in [0.5, 0.6) is 0 Å². The number of para-hydroxylation sites is 3. The van der Waals surface area contributed by atoms with E-state index in [2.05, 4.69) is 289 Å². The molecular weight excluding hydrogens is 821 g/mol. The average molecular weight is 867 g/mol. The van der Waals surface area contributed by atoms with Gasteiger partial charge >= 0.3 is 0 Å². The van der Waals surface area contributed by atoms with Crippen LogP contribution in [0.2, 0.25) is 0 Å². The molecule has 68 heavy (non-hydrogen) atoms. The molecular formula is C66H46N2. The van der Waals surface area contributed by atoms with Crippen LogP contribution >= 0.6 is 0 Å². The van der Waals surface area contributed by atoms with Gasteiger partial charge in [0, 0.05) is 33.4 Å². The van der Waals surface area contributed by atoms with Gasteiger partial charge in [0.15, 0.2) is 0 Å². The van der Waals surface area contributed by atoms with E-state index < -0.39 is 0 Å². The molecule has 0 bridgehead atoms. The van der Waals surface area contributed by atoms with E-state index in [9.17, 15) is 0 Å². The first-order valence-electron chi connectivity index (χ1n) is 23.3. The Morgan fingerprint density at radius 1 is 0.250 bits per heavy atom. The van der Waals surface area contributed by atoms with E-state index in [0.717, 1.165) is 39.4 Å². The topological polar surface area (TPSA) is 8.17 Å². The molecule has 0 amide bonds. The summed E-state index contributed by atoms with van der Waals surface area (Å²) >= 11 is 0. The predicted octanol–water partition coefficient (Wildman–Crippen LogP) is 18.3. The average Bonchev–Trinajstić information content (AvgIpc) is 3.76. The largest absolute Gasteiger partial charge is 0.310 e. The minimum atomic E-state index is 1.06. The molecule has 2 heteroatoms. The van der Waals surface area contributed by atoms with Crippen molar-refractivity contribution in [1.29, 1.82) is 0 Å². The Balaban J connectivity index is 1.06. The number of aromatic nitrogens is 1. The minimum Gasteiger partial charge on any atom is -0.310 e. The lowest BCUT2D eigenvalue weighted by atomic mass is 9.84. The number of hydrogen-bond acceptors (Lipinski definition) is 1. The molecule has 12 aromatic rings. The second kappa shape index (κ2) is 17.8. The second-order valence-electron chi connectivity index (χ2n) is 17.2. The van der Waals surface area contributed by atoms with Crippen LogP contribution in [0.3, 0.4) is 0 Å². The van der Waals surface area contributed by atoms with Crippen molar-refractivity contribution >= 4 is 38.9 Å². The first kappa shape index (κ1) is 40.5. The van der Waals surface area contributed by atoms with Gasteiger partial charge < -0.3 is 9.47 Å². The molecule has 0 unspecified atom stereocenters. The number of rotatable bonds is 10. The second-order valence-corrected chi connectivity index (χ2v) is 17.2. The summed E-state index contributed by atoms with van der Waals surface area (Å²) in [5, 5.41) is 2.48. The van der Waals surface area contributed by atoms with Gasteiger partial charge in [0.1, 0.15) is 0 Å². The van der Waals surface area contributed by atoms with Crippen molar-refractivity contribution in [1.82, 2.24) is 4.57 Å². The fourth-order valence-corrected chi connectivity index (χ4v) is 10.1. The Labute approximate surface area is 397 Å². The Morgan fingerprint density at radius 2 is 0.676 bits per heavy atom. The van der Waals surface area contributed by atoms with Gasteiger partial charge in [-0.05, 0) is 110 Å². The molecule has 0 saturated carbocycles. The lowest BCUT2D eigenvalue weighted by Gasteiger charge is -2.29. The third kappa shape index (κ3) is 7.45. The van der Waals surface area contributed by atoms with Crippen molar-refractivity contribution in [3.05, 3.63) is 279 Å². The summed E-state index contributed by atoms with van der Waals surface area (Å²) in [5.74, 6) is 0. The molecule has 0 saturated heterocycles. The van der Waals surface area contributed by atoms with Crippen molar-refractivity contribution in [2.45, 2.75) is 0 Å². The normalized spacial score (nSPS) is 11.2. The summed E-state index contributed by atoms with van der Waals surface area (Å²) in [6.45, 7) is 0. The lowest BCUT2D eigenvalue weighted by molar-refractivity contribution is 1.17. The highest BCUT2D eigenvalue weighted by molar-refractivity contribution is 6.09. The highest BCUT2D eigenvalue weighted by Crippen LogP contribution is 2.49. The number of benzene rings is 11. The molecule has 1 aromatic heterocycles. The zero-order chi connectivity index (χ0) is 45.2. The number of nitrogens with zero attached hydrogens (tertiary/aromatic N) is 2. The molecule has 0 aliphatic carbocycles. The van der Waals surface area contributed by atoms with Gasteiger partial charge in [-0.15, -0.1) is 0 Å². The van der Waals surface area contributed by atoms with Crippen molar-refractivity contribution < 1.29 is 0 Å². The van der Waals surface area contributed by atoms with Crippen LogP contribution in [0, 0.1) is 0 Å². The summed E-state index contributed by atoms with van der Waals surface area (Å²) in [5.41, 5.74) is 20.8. The van der Waals surface area contributed by atoms with Crippen LogP contribution in [-0.4, -0.2) is 4.57 Å². The molecule has 320 valence electrons. The molecule has 1 heterocycles. The number of hydrogen-bond donors (Lipinski definition) is 0. The molecule has 11 aromatic carbocycles. The van der Waals surface area contributed by atoms with E-state index in [1.54, 1.807) is 0 Å². The third-order valence-electron chi connectivity index (χ3n) is 13.2. The van der Waals surface area contributed by atoms with Gasteiger partial charge in [-0.2, -0.15) is 0 Å². The molecule has 0 aliphatic heterocycles. The zero-order valence-electron chi connectivity index (χ0n) is 37.5. The molecule has 0 atom stereocenters. The van der Waals surface area contributed by atoms with E-state index in [-0.39, 0.29) is 0 Å². The molecule has 0 N–H and O–H groups in total. The van der Waals surface area contributed by atoms with Crippen LogP contribution in [-0.2, 0) is 0 Å². The van der Waals surface area contributed by atoms with E-state index in [0.29, 0.717) is 0 Å². The van der Waals surface area contributed by atoms with Gasteiger partial charge in [0.2, 0.25) is 0 Å². The highest BCUT2D eigenvalue weighted by Gasteiger charge is 2.23. The minimum absolute atomic E-state index is 1.06. The van der Waals surface area contributed by atoms with Crippen LogP contribution < -0.4 is 4.90 Å². The SMILES string of the molecule is c1ccc(-c2ccc(-c3ccc(N(c4cccc(-n5c6ccccc6c6ccccc65)c4)c4ccccc4-c4cccc(-c5ccccc5)c4-c4ccccc4-c4ccccc4)cc3)cc2)cc1. The van der Waals surface area contributed by atoms with Crippen molar-refractivity contribution in [2.75, 3.05) is 4.90 Å². The first-order valence-corrected chi connectivity index (χ1v) is 23.3. The van der Waals surface area contributed by atoms with E-state index in [1.165, 1.54) is 71.9 Å². The van der Waals surface area contributed by atoms with E-state index in [1.807, 2.05) is 0 Å². The Morgan fingerprint density at radius 3 is 1.29 bits per heavy atom. The predicted molar refractivity (Wildman–Crippen MR) is 288 cm³/mol. The number of anilines is 3. The van der Waals surface area contributed by atoms with Crippen molar-refractivity contribution in [3.8, 4) is 72.4 Å². The van der Waals surface area contributed by atoms with Gasteiger partial charge in [-0.3, -0.25) is 0 Å². The third-order valence-corrected chi connectivity index (χ3v) is 13.2. The Kier molecular flexibility index (Phi) is 10.6. The Hall–Kier alpha value is -8.98. The maximum atomic E-state index is 2.44. The summed E-state index contributed by atoms with van der Waals surface area (Å²) in [6, 6.07) is 101. The van der Waals surface area contributed by atoms with Crippen LogP contribution in [0.25, 0.3) is 94.3 Å². The summed E-state index contributed by atoms with van der Waals surface area (Å²) in [4.78, 5) is 2.44. The quantitative estimate of drug-likeness (QED) is 0.133. The molecule has 0 radical (unpaired) electrons. The molecule has 0 fully saturated rings. The molecule has 0 spiro atoms. The van der Waals surface area contributed by atoms with Crippen LogP contribution in [0.4, 0.5) is 17.1 Å². The maximum Gasteiger partial charge on any atom is 0.0541 e. The van der Waals surface area contributed by atoms with Gasteiger partial charge in [0.25, 0.3) is 0 Å². The van der Waals surface area contributed by atoms with Gasteiger partial charge in [-0.1, -0.05) is 231 Å². The van der Waals surface area contributed by atoms with Crippen molar-refractivity contribution in [3.63, 3.8) is 0 Å². The fourth-order valence-electron chi connectivity index (χ4n) is 10.1. The summed E-state index contributed by atoms with van der Waals surface area (Å²) in [7, 11) is 0. The number of fused-ring (bicyclic) bond motifs is 3. The van der Waals surface area contributed by atoms with Crippen LogP contribution in [0.15, 0.2) is 279 Å². The van der Waals surface area contributed by atoms with Crippen molar-refractivity contribution in [2.24, 2.45) is 0 Å². The maximum absolute atomic E-state index is 2.44.